The molecule has 1 heterocycles. The summed E-state index contributed by atoms with van der Waals surface area (Å²) in [5, 5.41) is 6.85. The van der Waals surface area contributed by atoms with E-state index in [2.05, 4.69) is 22.8 Å². The van der Waals surface area contributed by atoms with Gasteiger partial charge in [0.2, 0.25) is 5.91 Å². The molecule has 0 bridgehead atoms. The first-order valence-corrected chi connectivity index (χ1v) is 7.29. The first kappa shape index (κ1) is 13.3. The third-order valence-corrected chi connectivity index (χ3v) is 4.14. The van der Waals surface area contributed by atoms with Crippen LogP contribution < -0.4 is 10.6 Å². The molecular formula is C16H17ClN2O. The summed E-state index contributed by atoms with van der Waals surface area (Å²) in [7, 11) is 0. The SMILES string of the molecule is O=C(Nc1ccccc1Cl)C1CNC2=C(CCC=C2)C1. The summed E-state index contributed by atoms with van der Waals surface area (Å²) in [5.41, 5.74) is 3.25. The number of hydrogen-bond donors (Lipinski definition) is 2. The normalized spacial score (nSPS) is 21.1. The topological polar surface area (TPSA) is 41.1 Å². The zero-order valence-corrected chi connectivity index (χ0v) is 11.9. The van der Waals surface area contributed by atoms with Gasteiger partial charge in [-0.25, -0.2) is 0 Å². The minimum absolute atomic E-state index is 0.0310. The maximum Gasteiger partial charge on any atom is 0.229 e. The summed E-state index contributed by atoms with van der Waals surface area (Å²) in [6.45, 7) is 0.680. The van der Waals surface area contributed by atoms with E-state index in [4.69, 9.17) is 11.6 Å². The lowest BCUT2D eigenvalue weighted by molar-refractivity contribution is -0.119. The minimum atomic E-state index is -0.0310. The van der Waals surface area contributed by atoms with Gasteiger partial charge in [0, 0.05) is 12.2 Å². The number of carbonyl (C=O) groups excluding carboxylic acids is 1. The molecule has 2 aliphatic rings. The lowest BCUT2D eigenvalue weighted by Crippen LogP contribution is -2.36. The van der Waals surface area contributed by atoms with Crippen molar-refractivity contribution < 1.29 is 4.79 Å². The van der Waals surface area contributed by atoms with Crippen molar-refractivity contribution in [2.24, 2.45) is 5.92 Å². The van der Waals surface area contributed by atoms with Crippen LogP contribution in [0.25, 0.3) is 0 Å². The van der Waals surface area contributed by atoms with Gasteiger partial charge in [-0.2, -0.15) is 0 Å². The first-order valence-electron chi connectivity index (χ1n) is 6.92. The zero-order chi connectivity index (χ0) is 13.9. The molecule has 1 unspecified atom stereocenters. The molecule has 0 fully saturated rings. The quantitative estimate of drug-likeness (QED) is 0.874. The minimum Gasteiger partial charge on any atom is -0.384 e. The summed E-state index contributed by atoms with van der Waals surface area (Å²) >= 11 is 6.07. The Morgan fingerprint density at radius 1 is 1.35 bits per heavy atom. The molecule has 1 aliphatic carbocycles. The smallest absolute Gasteiger partial charge is 0.229 e. The van der Waals surface area contributed by atoms with Crippen molar-refractivity contribution in [1.29, 1.82) is 0 Å². The predicted molar refractivity (Wildman–Crippen MR) is 81.6 cm³/mol. The molecule has 0 saturated heterocycles. The first-order chi connectivity index (χ1) is 9.74. The van der Waals surface area contributed by atoms with Gasteiger partial charge in [-0.15, -0.1) is 0 Å². The highest BCUT2D eigenvalue weighted by Crippen LogP contribution is 2.29. The number of para-hydroxylation sites is 1. The highest BCUT2D eigenvalue weighted by Gasteiger charge is 2.26. The van der Waals surface area contributed by atoms with Crippen molar-refractivity contribution in [3.05, 3.63) is 52.7 Å². The molecule has 104 valence electrons. The number of benzene rings is 1. The number of nitrogens with one attached hydrogen (secondary N) is 2. The van der Waals surface area contributed by atoms with Crippen LogP contribution in [0.3, 0.4) is 0 Å². The largest absolute Gasteiger partial charge is 0.384 e. The molecular weight excluding hydrogens is 272 g/mol. The van der Waals surface area contributed by atoms with Crippen LogP contribution in [-0.2, 0) is 4.79 Å². The second-order valence-corrected chi connectivity index (χ2v) is 5.62. The zero-order valence-electron chi connectivity index (χ0n) is 11.2. The van der Waals surface area contributed by atoms with Crippen molar-refractivity contribution >= 4 is 23.2 Å². The van der Waals surface area contributed by atoms with E-state index in [1.165, 1.54) is 11.3 Å². The van der Waals surface area contributed by atoms with Gasteiger partial charge in [-0.3, -0.25) is 4.79 Å². The molecule has 2 N–H and O–H groups in total. The van der Waals surface area contributed by atoms with Gasteiger partial charge in [0.15, 0.2) is 0 Å². The Morgan fingerprint density at radius 3 is 3.05 bits per heavy atom. The fraction of sp³-hybridized carbons (Fsp3) is 0.312. The van der Waals surface area contributed by atoms with Crippen LogP contribution in [0.15, 0.2) is 47.7 Å². The average Bonchev–Trinajstić information content (AvgIpc) is 2.49. The van der Waals surface area contributed by atoms with Crippen molar-refractivity contribution in [3.8, 4) is 0 Å². The molecule has 0 saturated carbocycles. The van der Waals surface area contributed by atoms with Crippen molar-refractivity contribution in [1.82, 2.24) is 5.32 Å². The van der Waals surface area contributed by atoms with E-state index in [0.717, 1.165) is 19.3 Å². The Balaban J connectivity index is 1.69. The van der Waals surface area contributed by atoms with Crippen LogP contribution in [-0.4, -0.2) is 12.5 Å². The molecule has 1 amide bonds. The van der Waals surface area contributed by atoms with Gasteiger partial charge < -0.3 is 10.6 Å². The summed E-state index contributed by atoms with van der Waals surface area (Å²) in [5.74, 6) is 0.00299. The van der Waals surface area contributed by atoms with Crippen molar-refractivity contribution in [2.75, 3.05) is 11.9 Å². The van der Waals surface area contributed by atoms with Crippen molar-refractivity contribution in [2.45, 2.75) is 19.3 Å². The molecule has 3 nitrogen and oxygen atoms in total. The Labute approximate surface area is 123 Å². The van der Waals surface area contributed by atoms with Gasteiger partial charge in [-0.05, 0) is 43.0 Å². The van der Waals surface area contributed by atoms with Gasteiger partial charge in [-0.1, -0.05) is 29.8 Å². The van der Waals surface area contributed by atoms with Gasteiger partial charge in [0.05, 0.1) is 16.6 Å². The fourth-order valence-electron chi connectivity index (χ4n) is 2.69. The number of rotatable bonds is 2. The lowest BCUT2D eigenvalue weighted by atomic mass is 9.88. The van der Waals surface area contributed by atoms with Gasteiger partial charge in [0.1, 0.15) is 0 Å². The molecule has 0 spiro atoms. The molecule has 3 rings (SSSR count). The number of anilines is 1. The van der Waals surface area contributed by atoms with Crippen LogP contribution in [0.2, 0.25) is 5.02 Å². The Morgan fingerprint density at radius 2 is 2.20 bits per heavy atom. The monoisotopic (exact) mass is 288 g/mol. The summed E-state index contributed by atoms with van der Waals surface area (Å²) in [6, 6.07) is 7.33. The van der Waals surface area contributed by atoms with E-state index in [-0.39, 0.29) is 11.8 Å². The van der Waals surface area contributed by atoms with Gasteiger partial charge >= 0.3 is 0 Å². The molecule has 4 heteroatoms. The maximum atomic E-state index is 12.3. The Bertz CT molecular complexity index is 592. The molecule has 1 aromatic rings. The van der Waals surface area contributed by atoms with Crippen LogP contribution in [0.1, 0.15) is 19.3 Å². The third kappa shape index (κ3) is 2.73. The lowest BCUT2D eigenvalue weighted by Gasteiger charge is -2.28. The Kier molecular flexibility index (Phi) is 3.79. The van der Waals surface area contributed by atoms with Crippen LogP contribution >= 0.6 is 11.6 Å². The molecule has 0 aromatic heterocycles. The number of hydrogen-bond acceptors (Lipinski definition) is 2. The number of halogens is 1. The van der Waals surface area contributed by atoms with Gasteiger partial charge in [0.25, 0.3) is 0 Å². The number of carbonyl (C=O) groups is 1. The van der Waals surface area contributed by atoms with E-state index in [0.29, 0.717) is 17.3 Å². The Hall–Kier alpha value is -1.74. The van der Waals surface area contributed by atoms with E-state index < -0.39 is 0 Å². The average molecular weight is 289 g/mol. The van der Waals surface area contributed by atoms with E-state index in [9.17, 15) is 4.79 Å². The van der Waals surface area contributed by atoms with Crippen LogP contribution in [0.5, 0.6) is 0 Å². The van der Waals surface area contributed by atoms with E-state index >= 15 is 0 Å². The maximum absolute atomic E-state index is 12.3. The molecule has 1 aliphatic heterocycles. The number of amides is 1. The second kappa shape index (κ2) is 5.71. The van der Waals surface area contributed by atoms with Crippen LogP contribution in [0.4, 0.5) is 5.69 Å². The summed E-state index contributed by atoms with van der Waals surface area (Å²) < 4.78 is 0. The summed E-state index contributed by atoms with van der Waals surface area (Å²) in [6.07, 6.45) is 7.26. The highest BCUT2D eigenvalue weighted by molar-refractivity contribution is 6.33. The number of allylic oxidation sites excluding steroid dienone is 3. The highest BCUT2D eigenvalue weighted by atomic mass is 35.5. The summed E-state index contributed by atoms with van der Waals surface area (Å²) in [4.78, 5) is 12.3. The third-order valence-electron chi connectivity index (χ3n) is 3.81. The fourth-order valence-corrected chi connectivity index (χ4v) is 2.88. The standard InChI is InChI=1S/C16H17ClN2O/c17-13-6-2-4-8-15(13)19-16(20)12-9-11-5-1-3-7-14(11)18-10-12/h2-4,6-8,12,18H,1,5,9-10H2,(H,19,20). The van der Waals surface area contributed by atoms with Crippen LogP contribution in [0, 0.1) is 5.92 Å². The predicted octanol–water partition coefficient (Wildman–Crippen LogP) is 3.49. The molecule has 20 heavy (non-hydrogen) atoms. The molecule has 1 aromatic carbocycles. The van der Waals surface area contributed by atoms with E-state index in [1.54, 1.807) is 6.07 Å². The van der Waals surface area contributed by atoms with Crippen molar-refractivity contribution in [3.63, 3.8) is 0 Å². The second-order valence-electron chi connectivity index (χ2n) is 5.21. The van der Waals surface area contributed by atoms with E-state index in [1.807, 2.05) is 18.2 Å². The molecule has 0 radical (unpaired) electrons. The molecule has 1 atom stereocenters.